The van der Waals surface area contributed by atoms with E-state index in [2.05, 4.69) is 0 Å². The topological polar surface area (TPSA) is 86.3 Å². The highest BCUT2D eigenvalue weighted by atomic mass is 32.1. The number of hydrogen-bond acceptors (Lipinski definition) is 5. The summed E-state index contributed by atoms with van der Waals surface area (Å²) in [4.78, 5) is 20.2. The predicted octanol–water partition coefficient (Wildman–Crippen LogP) is 3.73. The van der Waals surface area contributed by atoms with Crippen molar-refractivity contribution >= 4 is 34.9 Å². The molecule has 0 saturated carbocycles. The van der Waals surface area contributed by atoms with Crippen molar-refractivity contribution in [1.82, 2.24) is 0 Å². The van der Waals surface area contributed by atoms with E-state index in [1.54, 1.807) is 12.2 Å². The number of hydrogen-bond donors (Lipinski definition) is 0. The van der Waals surface area contributed by atoms with Crippen LogP contribution >= 0.6 is 11.3 Å². The Morgan fingerprint density at radius 2 is 1.84 bits per heavy atom. The number of nitro benzene ring substituents is 2. The van der Waals surface area contributed by atoms with Crippen LogP contribution in [0, 0.1) is 20.2 Å². The molecule has 0 aliphatic carbocycles. The summed E-state index contributed by atoms with van der Waals surface area (Å²) in [5.74, 6) is 0. The monoisotopic (exact) mass is 276 g/mol. The number of benzene rings is 1. The van der Waals surface area contributed by atoms with Gasteiger partial charge < -0.3 is 0 Å². The largest absolute Gasteiger partial charge is 0.283 e. The molecule has 0 aliphatic rings. The van der Waals surface area contributed by atoms with Gasteiger partial charge in [-0.05, 0) is 34.5 Å². The highest BCUT2D eigenvalue weighted by Gasteiger charge is 2.17. The molecule has 0 fully saturated rings. The zero-order chi connectivity index (χ0) is 13.8. The molecule has 0 bridgehead atoms. The molecule has 0 N–H and O–H groups in total. The van der Waals surface area contributed by atoms with Crippen molar-refractivity contribution in [2.45, 2.75) is 0 Å². The van der Waals surface area contributed by atoms with Gasteiger partial charge in [-0.25, -0.2) is 0 Å². The summed E-state index contributed by atoms with van der Waals surface area (Å²) in [7, 11) is 0. The fraction of sp³-hybridized carbons (Fsp3) is 0. The minimum atomic E-state index is -0.653. The number of nitro groups is 2. The minimum Gasteiger partial charge on any atom is -0.258 e. The molecule has 1 heterocycles. The molecule has 0 unspecified atom stereocenters. The average Bonchev–Trinajstić information content (AvgIpc) is 2.89. The lowest BCUT2D eigenvalue weighted by atomic mass is 10.1. The van der Waals surface area contributed by atoms with Crippen LogP contribution in [-0.2, 0) is 0 Å². The highest BCUT2D eigenvalue weighted by molar-refractivity contribution is 7.08. The van der Waals surface area contributed by atoms with Crippen LogP contribution in [0.3, 0.4) is 0 Å². The van der Waals surface area contributed by atoms with E-state index < -0.39 is 9.85 Å². The lowest BCUT2D eigenvalue weighted by Gasteiger charge is -1.97. The van der Waals surface area contributed by atoms with Crippen LogP contribution in [0.5, 0.6) is 0 Å². The fourth-order valence-corrected chi connectivity index (χ4v) is 2.13. The Balaban J connectivity index is 2.40. The Labute approximate surface area is 111 Å². The molecular weight excluding hydrogens is 268 g/mol. The zero-order valence-electron chi connectivity index (χ0n) is 9.55. The quantitative estimate of drug-likeness (QED) is 0.628. The van der Waals surface area contributed by atoms with E-state index in [1.165, 1.54) is 23.5 Å². The maximum Gasteiger partial charge on any atom is 0.283 e. The van der Waals surface area contributed by atoms with Crippen molar-refractivity contribution in [2.75, 3.05) is 0 Å². The van der Waals surface area contributed by atoms with Crippen molar-refractivity contribution in [2.24, 2.45) is 0 Å². The number of thiophene rings is 1. The van der Waals surface area contributed by atoms with Gasteiger partial charge in [-0.1, -0.05) is 6.08 Å². The molecule has 0 atom stereocenters. The lowest BCUT2D eigenvalue weighted by Crippen LogP contribution is -1.94. The summed E-state index contributed by atoms with van der Waals surface area (Å²) in [6.07, 6.45) is 3.30. The van der Waals surface area contributed by atoms with E-state index in [9.17, 15) is 20.2 Å². The first-order chi connectivity index (χ1) is 9.08. The van der Waals surface area contributed by atoms with Gasteiger partial charge in [0.15, 0.2) is 0 Å². The second-order valence-electron chi connectivity index (χ2n) is 3.65. The van der Waals surface area contributed by atoms with Gasteiger partial charge in [-0.15, -0.1) is 0 Å². The fourth-order valence-electron chi connectivity index (χ4n) is 1.50. The van der Waals surface area contributed by atoms with E-state index in [0.29, 0.717) is 5.56 Å². The summed E-state index contributed by atoms with van der Waals surface area (Å²) in [6.45, 7) is 0. The van der Waals surface area contributed by atoms with Gasteiger partial charge in [0, 0.05) is 6.07 Å². The molecule has 0 spiro atoms. The molecule has 0 saturated heterocycles. The summed E-state index contributed by atoms with van der Waals surface area (Å²) < 4.78 is 0. The van der Waals surface area contributed by atoms with Crippen LogP contribution in [0.4, 0.5) is 11.4 Å². The Morgan fingerprint density at radius 1 is 1.05 bits per heavy atom. The second kappa shape index (κ2) is 5.40. The van der Waals surface area contributed by atoms with E-state index in [-0.39, 0.29) is 11.4 Å². The van der Waals surface area contributed by atoms with Gasteiger partial charge in [0.1, 0.15) is 0 Å². The van der Waals surface area contributed by atoms with Crippen LogP contribution in [0.15, 0.2) is 35.0 Å². The van der Waals surface area contributed by atoms with Gasteiger partial charge in [-0.3, -0.25) is 20.2 Å². The summed E-state index contributed by atoms with van der Waals surface area (Å²) in [6, 6.07) is 5.46. The number of nitrogens with zero attached hydrogens (tertiary/aromatic N) is 2. The number of non-ortho nitro benzene ring substituents is 1. The summed E-state index contributed by atoms with van der Waals surface area (Å²) in [5.41, 5.74) is 0.694. The first-order valence-electron chi connectivity index (χ1n) is 5.21. The summed E-state index contributed by atoms with van der Waals surface area (Å²) >= 11 is 1.52. The molecular formula is C12H8N2O4S. The third kappa shape index (κ3) is 3.02. The van der Waals surface area contributed by atoms with Crippen LogP contribution in [0.25, 0.3) is 12.2 Å². The normalized spacial score (nSPS) is 10.7. The average molecular weight is 276 g/mol. The zero-order valence-corrected chi connectivity index (χ0v) is 10.4. The Morgan fingerprint density at radius 3 is 2.42 bits per heavy atom. The van der Waals surface area contributed by atoms with Crippen molar-refractivity contribution in [3.05, 3.63) is 66.4 Å². The Hall–Kier alpha value is -2.54. The van der Waals surface area contributed by atoms with Crippen molar-refractivity contribution in [3.8, 4) is 0 Å². The molecule has 1 aromatic carbocycles. The smallest absolute Gasteiger partial charge is 0.258 e. The maximum absolute atomic E-state index is 10.9. The molecule has 1 aromatic heterocycles. The predicted molar refractivity (Wildman–Crippen MR) is 73.0 cm³/mol. The standard InChI is InChI=1S/C12H8N2O4S/c15-13(16)11-4-3-10(12(7-11)14(17)18)2-1-9-5-6-19-8-9/h1-8H/b2-1+. The lowest BCUT2D eigenvalue weighted by molar-refractivity contribution is -0.394. The van der Waals surface area contributed by atoms with Crippen LogP contribution in [-0.4, -0.2) is 9.85 Å². The van der Waals surface area contributed by atoms with Crippen LogP contribution < -0.4 is 0 Å². The number of rotatable bonds is 4. The van der Waals surface area contributed by atoms with Crippen LogP contribution in [0.1, 0.15) is 11.1 Å². The molecule has 0 radical (unpaired) electrons. The third-order valence-electron chi connectivity index (χ3n) is 2.42. The van der Waals surface area contributed by atoms with Crippen molar-refractivity contribution < 1.29 is 9.85 Å². The highest BCUT2D eigenvalue weighted by Crippen LogP contribution is 2.26. The molecule has 96 valence electrons. The molecule has 2 aromatic rings. The molecule has 0 aliphatic heterocycles. The molecule has 2 rings (SSSR count). The maximum atomic E-state index is 10.9. The Kier molecular flexibility index (Phi) is 3.67. The van der Waals surface area contributed by atoms with Crippen LogP contribution in [0.2, 0.25) is 0 Å². The second-order valence-corrected chi connectivity index (χ2v) is 4.43. The van der Waals surface area contributed by atoms with E-state index in [1.807, 2.05) is 16.8 Å². The van der Waals surface area contributed by atoms with Gasteiger partial charge in [0.05, 0.1) is 21.5 Å². The van der Waals surface area contributed by atoms with Gasteiger partial charge >= 0.3 is 0 Å². The van der Waals surface area contributed by atoms with Gasteiger partial charge in [0.2, 0.25) is 0 Å². The first kappa shape index (κ1) is 12.9. The minimum absolute atomic E-state index is 0.277. The molecule has 6 nitrogen and oxygen atoms in total. The summed E-state index contributed by atoms with van der Waals surface area (Å²) in [5, 5.41) is 25.3. The Bertz CT molecular complexity index is 650. The van der Waals surface area contributed by atoms with Gasteiger partial charge in [0.25, 0.3) is 11.4 Å². The van der Waals surface area contributed by atoms with Crippen molar-refractivity contribution in [1.29, 1.82) is 0 Å². The first-order valence-corrected chi connectivity index (χ1v) is 6.15. The molecule has 0 amide bonds. The molecule has 7 heteroatoms. The van der Waals surface area contributed by atoms with E-state index >= 15 is 0 Å². The van der Waals surface area contributed by atoms with Gasteiger partial charge in [-0.2, -0.15) is 11.3 Å². The van der Waals surface area contributed by atoms with Crippen molar-refractivity contribution in [3.63, 3.8) is 0 Å². The third-order valence-corrected chi connectivity index (χ3v) is 3.12. The SMILES string of the molecule is O=[N+]([O-])c1ccc(/C=C/c2ccsc2)c([N+](=O)[O-])c1. The van der Waals surface area contributed by atoms with E-state index in [0.717, 1.165) is 11.6 Å². The molecule has 19 heavy (non-hydrogen) atoms. The van der Waals surface area contributed by atoms with E-state index in [4.69, 9.17) is 0 Å².